The molecule has 0 saturated heterocycles. The van der Waals surface area contributed by atoms with Gasteiger partial charge in [-0.25, -0.2) is 9.97 Å². The van der Waals surface area contributed by atoms with E-state index in [9.17, 15) is 14.9 Å². The molecular formula is C17H14Cl2N6O5. The molecule has 30 heavy (non-hydrogen) atoms. The molecule has 11 nitrogen and oxygen atoms in total. The van der Waals surface area contributed by atoms with Crippen LogP contribution in [0.25, 0.3) is 0 Å². The van der Waals surface area contributed by atoms with Crippen molar-refractivity contribution < 1.29 is 18.9 Å². The first kappa shape index (κ1) is 21.1. The van der Waals surface area contributed by atoms with Crippen LogP contribution < -0.4 is 20.9 Å². The first-order valence-corrected chi connectivity index (χ1v) is 9.08. The number of nitro groups is 1. The largest absolute Gasteiger partial charge is 0.482 e. The van der Waals surface area contributed by atoms with Crippen LogP contribution in [0.3, 0.4) is 0 Å². The molecule has 0 aliphatic carbocycles. The zero-order chi connectivity index (χ0) is 21.5. The van der Waals surface area contributed by atoms with E-state index < -0.39 is 23.1 Å². The highest BCUT2D eigenvalue weighted by atomic mass is 35.5. The zero-order valence-electron chi connectivity index (χ0n) is 15.1. The molecule has 156 valence electrons. The van der Waals surface area contributed by atoms with E-state index in [4.69, 9.17) is 32.4 Å². The Morgan fingerprint density at radius 3 is 2.73 bits per heavy atom. The number of hydrogen-bond acceptors (Lipinski definition) is 9. The van der Waals surface area contributed by atoms with Crippen molar-refractivity contribution in [2.45, 2.75) is 6.54 Å². The van der Waals surface area contributed by atoms with E-state index in [1.165, 1.54) is 18.4 Å². The van der Waals surface area contributed by atoms with Gasteiger partial charge in [-0.15, -0.1) is 0 Å². The van der Waals surface area contributed by atoms with E-state index in [1.807, 2.05) is 0 Å². The predicted molar refractivity (Wildman–Crippen MR) is 108 cm³/mol. The maximum absolute atomic E-state index is 12.0. The predicted octanol–water partition coefficient (Wildman–Crippen LogP) is 3.42. The number of amides is 1. The summed E-state index contributed by atoms with van der Waals surface area (Å²) in [6, 6.07) is 7.92. The number of ether oxygens (including phenoxy) is 1. The third kappa shape index (κ3) is 5.49. The molecule has 0 bridgehead atoms. The minimum absolute atomic E-state index is 0.0488. The Labute approximate surface area is 179 Å². The lowest BCUT2D eigenvalue weighted by Crippen LogP contribution is -2.34. The van der Waals surface area contributed by atoms with Gasteiger partial charge in [0.15, 0.2) is 6.61 Å². The standard InChI is InChI=1S/C17H14Cl2N6O5/c18-10-3-4-13(12(19)6-10)30-8-14(26)23-24-17-15(25(27)28)16(21-9-22-17)20-7-11-2-1-5-29-11/h1-6,9H,7-8H2,(H,23,26)(H2,20,21,22,24). The molecule has 0 aliphatic heterocycles. The van der Waals surface area contributed by atoms with E-state index in [-0.39, 0.29) is 29.0 Å². The topological polar surface area (TPSA) is 144 Å². The first-order chi connectivity index (χ1) is 14.4. The third-order valence-corrected chi connectivity index (χ3v) is 4.12. The van der Waals surface area contributed by atoms with Gasteiger partial charge in [0.2, 0.25) is 11.6 Å². The molecule has 13 heteroatoms. The monoisotopic (exact) mass is 452 g/mol. The molecule has 1 amide bonds. The number of nitrogens with one attached hydrogen (secondary N) is 3. The SMILES string of the molecule is O=C(COc1ccc(Cl)cc1Cl)NNc1ncnc(NCc2ccco2)c1[N+](=O)[O-]. The highest BCUT2D eigenvalue weighted by molar-refractivity contribution is 6.35. The zero-order valence-corrected chi connectivity index (χ0v) is 16.6. The van der Waals surface area contributed by atoms with Crippen molar-refractivity contribution in [2.24, 2.45) is 0 Å². The van der Waals surface area contributed by atoms with E-state index >= 15 is 0 Å². The normalized spacial score (nSPS) is 10.3. The summed E-state index contributed by atoms with van der Waals surface area (Å²) in [6.07, 6.45) is 2.59. The van der Waals surface area contributed by atoms with E-state index in [2.05, 4.69) is 26.1 Å². The van der Waals surface area contributed by atoms with Gasteiger partial charge in [-0.1, -0.05) is 23.2 Å². The van der Waals surface area contributed by atoms with Gasteiger partial charge in [-0.05, 0) is 30.3 Å². The third-order valence-electron chi connectivity index (χ3n) is 3.59. The average Bonchev–Trinajstić information content (AvgIpc) is 3.23. The molecule has 0 unspecified atom stereocenters. The Kier molecular flexibility index (Phi) is 6.88. The highest BCUT2D eigenvalue weighted by Crippen LogP contribution is 2.29. The van der Waals surface area contributed by atoms with Gasteiger partial charge in [0.25, 0.3) is 5.91 Å². The Hall–Kier alpha value is -3.57. The molecule has 0 radical (unpaired) electrons. The van der Waals surface area contributed by atoms with Crippen LogP contribution >= 0.6 is 23.2 Å². The van der Waals surface area contributed by atoms with Gasteiger partial charge >= 0.3 is 5.69 Å². The summed E-state index contributed by atoms with van der Waals surface area (Å²) in [5.41, 5.74) is 4.21. The fourth-order valence-corrected chi connectivity index (χ4v) is 2.72. The van der Waals surface area contributed by atoms with Crippen molar-refractivity contribution in [2.75, 3.05) is 17.3 Å². The van der Waals surface area contributed by atoms with Crippen LogP contribution in [0.15, 0.2) is 47.3 Å². The van der Waals surface area contributed by atoms with Crippen molar-refractivity contribution in [3.8, 4) is 5.75 Å². The molecule has 2 aromatic heterocycles. The summed E-state index contributed by atoms with van der Waals surface area (Å²) in [6.45, 7) is -0.233. The minimum atomic E-state index is -0.678. The van der Waals surface area contributed by atoms with Gasteiger partial charge in [0.05, 0.1) is 22.8 Å². The van der Waals surface area contributed by atoms with Crippen molar-refractivity contribution in [3.05, 3.63) is 68.8 Å². The van der Waals surface area contributed by atoms with Crippen molar-refractivity contribution in [3.63, 3.8) is 0 Å². The van der Waals surface area contributed by atoms with Crippen LogP contribution in [-0.4, -0.2) is 27.4 Å². The van der Waals surface area contributed by atoms with E-state index in [1.54, 1.807) is 18.2 Å². The lowest BCUT2D eigenvalue weighted by molar-refractivity contribution is -0.383. The quantitative estimate of drug-likeness (QED) is 0.328. The summed E-state index contributed by atoms with van der Waals surface area (Å²) in [7, 11) is 0. The molecule has 0 saturated carbocycles. The molecule has 0 atom stereocenters. The fourth-order valence-electron chi connectivity index (χ4n) is 2.26. The summed E-state index contributed by atoms with van der Waals surface area (Å²) in [4.78, 5) is 30.5. The van der Waals surface area contributed by atoms with Crippen LogP contribution in [0, 0.1) is 10.1 Å². The number of nitrogens with zero attached hydrogens (tertiary/aromatic N) is 3. The molecule has 1 aromatic carbocycles. The number of hydrogen-bond donors (Lipinski definition) is 3. The number of benzene rings is 1. The van der Waals surface area contributed by atoms with Crippen LogP contribution in [0.5, 0.6) is 5.75 Å². The van der Waals surface area contributed by atoms with Crippen molar-refractivity contribution in [1.29, 1.82) is 0 Å². The minimum Gasteiger partial charge on any atom is -0.482 e. The maximum Gasteiger partial charge on any atom is 0.354 e. The molecule has 0 fully saturated rings. The van der Waals surface area contributed by atoms with Crippen molar-refractivity contribution >= 4 is 46.4 Å². The Morgan fingerprint density at radius 1 is 1.23 bits per heavy atom. The number of carbonyl (C=O) groups is 1. The van der Waals surface area contributed by atoms with Crippen molar-refractivity contribution in [1.82, 2.24) is 15.4 Å². The fraction of sp³-hybridized carbons (Fsp3) is 0.118. The average molecular weight is 453 g/mol. The maximum atomic E-state index is 12.0. The van der Waals surface area contributed by atoms with Crippen LogP contribution in [0.1, 0.15) is 5.76 Å². The smallest absolute Gasteiger partial charge is 0.354 e. The molecule has 0 spiro atoms. The Bertz CT molecular complexity index is 1050. The molecule has 3 N–H and O–H groups in total. The number of carbonyl (C=O) groups excluding carboxylic acids is 1. The summed E-state index contributed by atoms with van der Waals surface area (Å²) in [5.74, 6) is -0.0708. The highest BCUT2D eigenvalue weighted by Gasteiger charge is 2.23. The number of furan rings is 1. The van der Waals surface area contributed by atoms with E-state index in [0.29, 0.717) is 10.8 Å². The van der Waals surface area contributed by atoms with Crippen LogP contribution in [0.4, 0.5) is 17.3 Å². The Balaban J connectivity index is 1.61. The van der Waals surface area contributed by atoms with Crippen LogP contribution in [0.2, 0.25) is 10.0 Å². The lowest BCUT2D eigenvalue weighted by Gasteiger charge is -2.11. The number of halogens is 2. The second-order valence-electron chi connectivity index (χ2n) is 5.65. The lowest BCUT2D eigenvalue weighted by atomic mass is 10.3. The van der Waals surface area contributed by atoms with Gasteiger partial charge in [0.1, 0.15) is 17.8 Å². The number of anilines is 2. The summed E-state index contributed by atoms with van der Waals surface area (Å²) < 4.78 is 10.5. The van der Waals surface area contributed by atoms with E-state index in [0.717, 1.165) is 6.33 Å². The summed E-state index contributed by atoms with van der Waals surface area (Å²) >= 11 is 11.8. The van der Waals surface area contributed by atoms with Gasteiger partial charge < -0.3 is 14.5 Å². The van der Waals surface area contributed by atoms with Gasteiger partial charge in [-0.3, -0.25) is 25.8 Å². The number of rotatable bonds is 9. The Morgan fingerprint density at radius 2 is 2.03 bits per heavy atom. The molecular weight excluding hydrogens is 439 g/mol. The van der Waals surface area contributed by atoms with Crippen LogP contribution in [-0.2, 0) is 11.3 Å². The molecule has 3 rings (SSSR count). The van der Waals surface area contributed by atoms with Gasteiger partial charge in [0, 0.05) is 5.02 Å². The molecule has 3 aromatic rings. The molecule has 2 heterocycles. The number of aromatic nitrogens is 2. The molecule has 0 aliphatic rings. The summed E-state index contributed by atoms with van der Waals surface area (Å²) in [5, 5.41) is 14.9. The first-order valence-electron chi connectivity index (χ1n) is 8.32. The van der Waals surface area contributed by atoms with Gasteiger partial charge in [-0.2, -0.15) is 0 Å². The second kappa shape index (κ2) is 9.76. The number of hydrazine groups is 1. The second-order valence-corrected chi connectivity index (χ2v) is 6.49.